The highest BCUT2D eigenvalue weighted by Crippen LogP contribution is 2.39. The van der Waals surface area contributed by atoms with Gasteiger partial charge in [-0.1, -0.05) is 48.0 Å². The number of benzene rings is 2. The Morgan fingerprint density at radius 2 is 1.81 bits per heavy atom. The van der Waals surface area contributed by atoms with Crippen LogP contribution in [0.4, 0.5) is 5.69 Å². The van der Waals surface area contributed by atoms with E-state index >= 15 is 0 Å². The van der Waals surface area contributed by atoms with Crippen molar-refractivity contribution in [1.82, 2.24) is 19.7 Å². The Morgan fingerprint density at radius 1 is 1.07 bits per heavy atom. The molecule has 5 rings (SSSR count). The monoisotopic (exact) mass is 585 g/mol. The molecule has 0 unspecified atom stereocenters. The zero-order valence-electron chi connectivity index (χ0n) is 24.0. The number of halogens is 1. The number of aromatic nitrogens is 3. The number of likely N-dealkylation sites (tertiary alicyclic amines) is 1. The van der Waals surface area contributed by atoms with Gasteiger partial charge >= 0.3 is 0 Å². The molecule has 42 heavy (non-hydrogen) atoms. The predicted molar refractivity (Wildman–Crippen MR) is 163 cm³/mol. The van der Waals surface area contributed by atoms with Gasteiger partial charge in [0.15, 0.2) is 0 Å². The summed E-state index contributed by atoms with van der Waals surface area (Å²) in [5.41, 5.74) is 4.85. The minimum absolute atomic E-state index is 0.00389. The molecule has 0 saturated carbocycles. The molecule has 1 amide bonds. The van der Waals surface area contributed by atoms with Crippen molar-refractivity contribution in [3.8, 4) is 28.3 Å². The number of anilines is 1. The number of Topliss-reactive ketones (excluding diaryl/α,β-unsaturated/α-hetero) is 1. The second kappa shape index (κ2) is 12.3. The minimum Gasteiger partial charge on any atom is -0.481 e. The summed E-state index contributed by atoms with van der Waals surface area (Å²) in [5.74, 6) is 0.321. The van der Waals surface area contributed by atoms with E-state index in [0.717, 1.165) is 52.0 Å². The lowest BCUT2D eigenvalue weighted by molar-refractivity contribution is -0.120. The van der Waals surface area contributed by atoms with Crippen molar-refractivity contribution in [3.05, 3.63) is 92.9 Å². The maximum atomic E-state index is 12.9. The van der Waals surface area contributed by atoms with Crippen LogP contribution in [0.25, 0.3) is 22.4 Å². The summed E-state index contributed by atoms with van der Waals surface area (Å²) in [6.07, 6.45) is 2.29. The van der Waals surface area contributed by atoms with Crippen molar-refractivity contribution in [3.63, 3.8) is 0 Å². The third-order valence-electron chi connectivity index (χ3n) is 7.77. The third kappa shape index (κ3) is 5.84. The number of methoxy groups -OCH3 is 1. The van der Waals surface area contributed by atoms with Crippen LogP contribution in [0.3, 0.4) is 0 Å². The maximum Gasteiger partial charge on any atom is 0.279 e. The second-order valence-corrected chi connectivity index (χ2v) is 10.8. The van der Waals surface area contributed by atoms with Crippen molar-refractivity contribution in [2.45, 2.75) is 26.8 Å². The fourth-order valence-corrected chi connectivity index (χ4v) is 5.66. The van der Waals surface area contributed by atoms with Gasteiger partial charge in [-0.05, 0) is 56.1 Å². The van der Waals surface area contributed by atoms with Gasteiger partial charge in [0.1, 0.15) is 11.3 Å². The van der Waals surface area contributed by atoms with Gasteiger partial charge in [0.25, 0.3) is 11.5 Å². The Labute approximate surface area is 249 Å². The number of rotatable bonds is 8. The van der Waals surface area contributed by atoms with E-state index in [9.17, 15) is 14.4 Å². The van der Waals surface area contributed by atoms with Gasteiger partial charge < -0.3 is 10.1 Å². The van der Waals surface area contributed by atoms with E-state index < -0.39 is 11.5 Å². The van der Waals surface area contributed by atoms with Crippen LogP contribution in [0.2, 0.25) is 5.02 Å². The van der Waals surface area contributed by atoms with Crippen molar-refractivity contribution in [2.75, 3.05) is 25.5 Å². The number of pyridine rings is 1. The SMILES string of the molecule is COc1nc(-c2cccc(-c3cccc(NC(=O)c4ccnn(C)c4=O)c3C)c2Cl)ccc1CN1CC[C@H](C(C)=O)C1. The summed E-state index contributed by atoms with van der Waals surface area (Å²) in [6.45, 7) is 5.80. The quantitative estimate of drug-likeness (QED) is 0.305. The average Bonchev–Trinajstić information content (AvgIpc) is 3.45. The molecule has 2 aromatic carbocycles. The first kappa shape index (κ1) is 29.2. The van der Waals surface area contributed by atoms with E-state index in [4.69, 9.17) is 21.3 Å². The molecule has 3 heterocycles. The summed E-state index contributed by atoms with van der Waals surface area (Å²) in [5, 5.41) is 7.24. The molecule has 0 radical (unpaired) electrons. The fourth-order valence-electron chi connectivity index (χ4n) is 5.33. The number of carbonyl (C=O) groups is 2. The van der Waals surface area contributed by atoms with Gasteiger partial charge in [0.05, 0.1) is 17.8 Å². The normalized spacial score (nSPS) is 15.0. The van der Waals surface area contributed by atoms with Crippen LogP contribution in [0.15, 0.2) is 65.6 Å². The zero-order chi connectivity index (χ0) is 30.0. The Kier molecular flexibility index (Phi) is 8.51. The molecule has 10 heteroatoms. The molecule has 1 N–H and O–H groups in total. The number of nitrogens with one attached hydrogen (secondary N) is 1. The lowest BCUT2D eigenvalue weighted by atomic mass is 9.96. The summed E-state index contributed by atoms with van der Waals surface area (Å²) in [4.78, 5) is 44.1. The van der Waals surface area contributed by atoms with Gasteiger partial charge in [0, 0.05) is 54.6 Å². The highest BCUT2D eigenvalue weighted by Gasteiger charge is 2.26. The van der Waals surface area contributed by atoms with Gasteiger partial charge in [-0.25, -0.2) is 9.67 Å². The van der Waals surface area contributed by atoms with Gasteiger partial charge in [-0.15, -0.1) is 0 Å². The molecule has 0 aliphatic carbocycles. The second-order valence-electron chi connectivity index (χ2n) is 10.5. The molecule has 0 bridgehead atoms. The molecule has 1 atom stereocenters. The van der Waals surface area contributed by atoms with Gasteiger partial charge in [-0.3, -0.25) is 19.3 Å². The Hall–Kier alpha value is -4.34. The van der Waals surface area contributed by atoms with Crippen LogP contribution >= 0.6 is 11.6 Å². The molecule has 1 aliphatic rings. The number of hydrogen-bond donors (Lipinski definition) is 1. The zero-order valence-corrected chi connectivity index (χ0v) is 24.7. The molecular weight excluding hydrogens is 554 g/mol. The molecule has 1 fully saturated rings. The third-order valence-corrected chi connectivity index (χ3v) is 8.18. The smallest absolute Gasteiger partial charge is 0.279 e. The number of hydrogen-bond acceptors (Lipinski definition) is 7. The van der Waals surface area contributed by atoms with Crippen LogP contribution < -0.4 is 15.6 Å². The van der Waals surface area contributed by atoms with E-state index in [1.165, 1.54) is 19.3 Å². The average molecular weight is 586 g/mol. The number of carbonyl (C=O) groups excluding carboxylic acids is 2. The first-order valence-electron chi connectivity index (χ1n) is 13.7. The standard InChI is InChI=1S/C32H32ClN5O4/c1-19-23(7-6-10-27(19)35-30(40)26-13-15-34-37(3)32(26)41)24-8-5-9-25(29(24)33)28-12-11-22(31(36-28)42-4)18-38-16-14-21(17-38)20(2)39/h5-13,15,21H,14,16-18H2,1-4H3,(H,35,40)/t21-/m0/s1. The lowest BCUT2D eigenvalue weighted by Gasteiger charge is -2.18. The fraction of sp³-hybridized carbons (Fsp3) is 0.281. The van der Waals surface area contributed by atoms with E-state index in [2.05, 4.69) is 15.3 Å². The number of ether oxygens (including phenoxy) is 1. The van der Waals surface area contributed by atoms with Crippen LogP contribution in [-0.4, -0.2) is 51.6 Å². The maximum absolute atomic E-state index is 12.9. The highest BCUT2D eigenvalue weighted by molar-refractivity contribution is 6.36. The summed E-state index contributed by atoms with van der Waals surface area (Å²) in [6, 6.07) is 16.6. The van der Waals surface area contributed by atoms with Gasteiger partial charge in [-0.2, -0.15) is 5.10 Å². The van der Waals surface area contributed by atoms with Crippen LogP contribution in [-0.2, 0) is 18.4 Å². The van der Waals surface area contributed by atoms with Crippen molar-refractivity contribution < 1.29 is 14.3 Å². The van der Waals surface area contributed by atoms with Crippen molar-refractivity contribution >= 4 is 29.0 Å². The molecule has 2 aromatic heterocycles. The Bertz CT molecular complexity index is 1730. The van der Waals surface area contributed by atoms with Crippen LogP contribution in [0.1, 0.15) is 34.8 Å². The molecule has 1 aliphatic heterocycles. The minimum atomic E-state index is -0.514. The first-order valence-corrected chi connectivity index (χ1v) is 14.0. The predicted octanol–water partition coefficient (Wildman–Crippen LogP) is 5.14. The molecule has 1 saturated heterocycles. The number of nitrogens with zero attached hydrogens (tertiary/aromatic N) is 4. The topological polar surface area (TPSA) is 106 Å². The Balaban J connectivity index is 1.43. The number of aryl methyl sites for hydroxylation is 1. The van der Waals surface area contributed by atoms with Gasteiger partial charge in [0.2, 0.25) is 5.88 Å². The largest absolute Gasteiger partial charge is 0.481 e. The van der Waals surface area contributed by atoms with Crippen molar-refractivity contribution in [2.24, 2.45) is 13.0 Å². The van der Waals surface area contributed by atoms with E-state index in [1.807, 2.05) is 49.4 Å². The molecule has 0 spiro atoms. The number of amides is 1. The molecule has 4 aromatic rings. The summed E-state index contributed by atoms with van der Waals surface area (Å²) in [7, 11) is 3.09. The van der Waals surface area contributed by atoms with E-state index in [-0.39, 0.29) is 17.3 Å². The molecule has 216 valence electrons. The molecule has 9 nitrogen and oxygen atoms in total. The summed E-state index contributed by atoms with van der Waals surface area (Å²) >= 11 is 7.00. The van der Waals surface area contributed by atoms with Crippen LogP contribution in [0, 0.1) is 12.8 Å². The first-order chi connectivity index (χ1) is 20.2. The molecular formula is C32H32ClN5O4. The van der Waals surface area contributed by atoms with E-state index in [1.54, 1.807) is 20.1 Å². The van der Waals surface area contributed by atoms with E-state index in [0.29, 0.717) is 28.8 Å². The summed E-state index contributed by atoms with van der Waals surface area (Å²) < 4.78 is 6.78. The van der Waals surface area contributed by atoms with Crippen molar-refractivity contribution in [1.29, 1.82) is 0 Å². The highest BCUT2D eigenvalue weighted by atomic mass is 35.5. The lowest BCUT2D eigenvalue weighted by Crippen LogP contribution is -2.28. The van der Waals surface area contributed by atoms with Crippen LogP contribution in [0.5, 0.6) is 5.88 Å². The Morgan fingerprint density at radius 3 is 2.55 bits per heavy atom. The number of ketones is 1.